The zero-order valence-corrected chi connectivity index (χ0v) is 22.5. The van der Waals surface area contributed by atoms with Gasteiger partial charge >= 0.3 is 0 Å². The van der Waals surface area contributed by atoms with E-state index in [0.717, 1.165) is 30.6 Å². The third kappa shape index (κ3) is 5.81. The minimum atomic E-state index is -0.643. The van der Waals surface area contributed by atoms with Crippen molar-refractivity contribution in [1.82, 2.24) is 9.80 Å². The molecule has 0 radical (unpaired) electrons. The molecule has 2 aromatic rings. The van der Waals surface area contributed by atoms with E-state index < -0.39 is 17.7 Å². The molecular formula is C30H40N2O4. The van der Waals surface area contributed by atoms with Crippen LogP contribution >= 0.6 is 0 Å². The molecule has 1 fully saturated rings. The van der Waals surface area contributed by atoms with Gasteiger partial charge in [-0.25, -0.2) is 0 Å². The summed E-state index contributed by atoms with van der Waals surface area (Å²) < 4.78 is 5.72. The van der Waals surface area contributed by atoms with Gasteiger partial charge in [-0.2, -0.15) is 0 Å². The van der Waals surface area contributed by atoms with Gasteiger partial charge in [0.05, 0.1) is 18.2 Å². The molecule has 0 spiro atoms. The molecule has 1 heterocycles. The van der Waals surface area contributed by atoms with Gasteiger partial charge in [0, 0.05) is 18.7 Å². The lowest BCUT2D eigenvalue weighted by Crippen LogP contribution is -2.38. The van der Waals surface area contributed by atoms with Gasteiger partial charge in [0.2, 0.25) is 0 Å². The second-order valence-electron chi connectivity index (χ2n) is 9.67. The maximum atomic E-state index is 13.3. The SMILES string of the molecule is CCCOc1ccc(/C(O)=C2/C(=O)C(=O)N(CCN(CC)CC)C2c2ccc(C(C)C)cc2)c(C)c1. The Kier molecular flexibility index (Phi) is 9.32. The van der Waals surface area contributed by atoms with Crippen molar-refractivity contribution in [2.75, 3.05) is 32.8 Å². The van der Waals surface area contributed by atoms with E-state index in [4.69, 9.17) is 4.74 Å². The fourth-order valence-electron chi connectivity index (χ4n) is 4.67. The van der Waals surface area contributed by atoms with Crippen LogP contribution in [0.25, 0.3) is 5.76 Å². The summed E-state index contributed by atoms with van der Waals surface area (Å²) in [6.45, 7) is 15.7. The maximum absolute atomic E-state index is 13.3. The molecule has 1 amide bonds. The number of carbonyl (C=O) groups excluding carboxylic acids is 2. The number of Topliss-reactive ketones (excluding diaryl/α,β-unsaturated/α-hetero) is 1. The lowest BCUT2D eigenvalue weighted by molar-refractivity contribution is -0.140. The molecule has 1 aliphatic heterocycles. The van der Waals surface area contributed by atoms with E-state index in [0.29, 0.717) is 36.9 Å². The van der Waals surface area contributed by atoms with E-state index in [9.17, 15) is 14.7 Å². The van der Waals surface area contributed by atoms with Gasteiger partial charge < -0.3 is 19.6 Å². The number of hydrogen-bond acceptors (Lipinski definition) is 5. The average molecular weight is 493 g/mol. The molecule has 1 unspecified atom stereocenters. The molecule has 0 aliphatic carbocycles. The van der Waals surface area contributed by atoms with Gasteiger partial charge in [-0.05, 0) is 67.2 Å². The summed E-state index contributed by atoms with van der Waals surface area (Å²) in [5.41, 5.74) is 3.45. The molecule has 3 rings (SSSR count). The Morgan fingerprint density at radius 2 is 1.72 bits per heavy atom. The number of likely N-dealkylation sites (N-methyl/N-ethyl adjacent to an activating group) is 1. The first-order chi connectivity index (χ1) is 17.2. The highest BCUT2D eigenvalue weighted by molar-refractivity contribution is 6.46. The number of hydrogen-bond donors (Lipinski definition) is 1. The van der Waals surface area contributed by atoms with Crippen LogP contribution in [0.2, 0.25) is 0 Å². The number of likely N-dealkylation sites (tertiary alicyclic amines) is 1. The fourth-order valence-corrected chi connectivity index (χ4v) is 4.67. The number of aliphatic hydroxyl groups excluding tert-OH is 1. The minimum Gasteiger partial charge on any atom is -0.507 e. The molecule has 36 heavy (non-hydrogen) atoms. The number of ether oxygens (including phenoxy) is 1. The molecule has 2 aromatic carbocycles. The summed E-state index contributed by atoms with van der Waals surface area (Å²) in [4.78, 5) is 30.4. The Bertz CT molecular complexity index is 1100. The lowest BCUT2D eigenvalue weighted by Gasteiger charge is -2.28. The molecule has 1 saturated heterocycles. The number of aliphatic hydroxyl groups is 1. The van der Waals surface area contributed by atoms with Gasteiger partial charge in [0.15, 0.2) is 0 Å². The van der Waals surface area contributed by atoms with Gasteiger partial charge in [0.25, 0.3) is 11.7 Å². The number of rotatable bonds is 11. The van der Waals surface area contributed by atoms with Gasteiger partial charge in [-0.15, -0.1) is 0 Å². The van der Waals surface area contributed by atoms with Gasteiger partial charge in [-0.3, -0.25) is 9.59 Å². The highest BCUT2D eigenvalue weighted by atomic mass is 16.5. The van der Waals surface area contributed by atoms with E-state index in [-0.39, 0.29) is 11.3 Å². The molecule has 1 atom stereocenters. The highest BCUT2D eigenvalue weighted by Gasteiger charge is 2.46. The lowest BCUT2D eigenvalue weighted by atomic mass is 9.92. The van der Waals surface area contributed by atoms with Crippen molar-refractivity contribution in [1.29, 1.82) is 0 Å². The minimum absolute atomic E-state index is 0.141. The Morgan fingerprint density at radius 1 is 1.06 bits per heavy atom. The molecule has 0 bridgehead atoms. The van der Waals surface area contributed by atoms with E-state index in [1.807, 2.05) is 44.2 Å². The van der Waals surface area contributed by atoms with E-state index >= 15 is 0 Å². The molecule has 1 aliphatic rings. The molecule has 6 nitrogen and oxygen atoms in total. The average Bonchev–Trinajstić information content (AvgIpc) is 3.12. The summed E-state index contributed by atoms with van der Waals surface area (Å²) >= 11 is 0. The predicted octanol–water partition coefficient (Wildman–Crippen LogP) is 5.67. The first-order valence-electron chi connectivity index (χ1n) is 13.1. The Hall–Kier alpha value is -3.12. The van der Waals surface area contributed by atoms with Crippen molar-refractivity contribution in [3.63, 3.8) is 0 Å². The molecule has 6 heteroatoms. The van der Waals surface area contributed by atoms with E-state index in [2.05, 4.69) is 32.6 Å². The number of amides is 1. The van der Waals surface area contributed by atoms with Crippen LogP contribution in [0, 0.1) is 6.92 Å². The van der Waals surface area contributed by atoms with E-state index in [1.165, 1.54) is 5.56 Å². The maximum Gasteiger partial charge on any atom is 0.295 e. The summed E-state index contributed by atoms with van der Waals surface area (Å²) in [5, 5.41) is 11.4. The molecule has 0 aromatic heterocycles. The van der Waals surface area contributed by atoms with Crippen molar-refractivity contribution in [3.05, 3.63) is 70.3 Å². The monoisotopic (exact) mass is 492 g/mol. The van der Waals surface area contributed by atoms with Crippen LogP contribution in [0.4, 0.5) is 0 Å². The first-order valence-corrected chi connectivity index (χ1v) is 13.1. The summed E-state index contributed by atoms with van der Waals surface area (Å²) in [6, 6.07) is 12.8. The van der Waals surface area contributed by atoms with Gasteiger partial charge in [-0.1, -0.05) is 58.9 Å². The zero-order chi connectivity index (χ0) is 26.4. The number of carbonyl (C=O) groups is 2. The third-order valence-corrected chi connectivity index (χ3v) is 6.94. The Balaban J connectivity index is 2.09. The molecule has 194 valence electrons. The smallest absolute Gasteiger partial charge is 0.295 e. The number of aryl methyl sites for hydroxylation is 1. The van der Waals surface area contributed by atoms with Crippen LogP contribution in [0.5, 0.6) is 5.75 Å². The third-order valence-electron chi connectivity index (χ3n) is 6.94. The summed E-state index contributed by atoms with van der Waals surface area (Å²) in [6.07, 6.45) is 0.896. The predicted molar refractivity (Wildman–Crippen MR) is 144 cm³/mol. The number of nitrogens with zero attached hydrogens (tertiary/aromatic N) is 2. The van der Waals surface area contributed by atoms with Crippen LogP contribution in [0.3, 0.4) is 0 Å². The van der Waals surface area contributed by atoms with E-state index in [1.54, 1.807) is 17.0 Å². The van der Waals surface area contributed by atoms with Crippen LogP contribution in [0.1, 0.15) is 75.3 Å². The van der Waals surface area contributed by atoms with Crippen molar-refractivity contribution in [2.24, 2.45) is 0 Å². The summed E-state index contributed by atoms with van der Waals surface area (Å²) in [7, 11) is 0. The van der Waals surface area contributed by atoms with Crippen LogP contribution in [0.15, 0.2) is 48.0 Å². The summed E-state index contributed by atoms with van der Waals surface area (Å²) in [5.74, 6) is -0.273. The standard InChI is InChI=1S/C30H40N2O4/c1-7-18-36-24-14-15-25(21(6)19-24)28(33)26-27(23-12-10-22(11-13-23)20(4)5)32(30(35)29(26)34)17-16-31(8-2)9-3/h10-15,19-20,27,33H,7-9,16-18H2,1-6H3/b28-26-. The highest BCUT2D eigenvalue weighted by Crippen LogP contribution is 2.40. The molecule has 0 saturated carbocycles. The Morgan fingerprint density at radius 3 is 2.28 bits per heavy atom. The van der Waals surface area contributed by atoms with Crippen molar-refractivity contribution >= 4 is 17.4 Å². The zero-order valence-electron chi connectivity index (χ0n) is 22.5. The number of benzene rings is 2. The normalized spacial score (nSPS) is 17.4. The van der Waals surface area contributed by atoms with Crippen LogP contribution in [-0.4, -0.2) is 59.4 Å². The van der Waals surface area contributed by atoms with Crippen molar-refractivity contribution in [2.45, 2.75) is 59.9 Å². The molecule has 1 N–H and O–H groups in total. The largest absolute Gasteiger partial charge is 0.507 e. The second-order valence-corrected chi connectivity index (χ2v) is 9.67. The number of ketones is 1. The van der Waals surface area contributed by atoms with Crippen molar-refractivity contribution in [3.8, 4) is 5.75 Å². The topological polar surface area (TPSA) is 70.1 Å². The Labute approximate surface area is 215 Å². The van der Waals surface area contributed by atoms with Crippen molar-refractivity contribution < 1.29 is 19.4 Å². The van der Waals surface area contributed by atoms with Crippen LogP contribution < -0.4 is 4.74 Å². The quantitative estimate of drug-likeness (QED) is 0.249. The van der Waals surface area contributed by atoms with Gasteiger partial charge in [0.1, 0.15) is 11.5 Å². The van der Waals surface area contributed by atoms with Crippen LogP contribution in [-0.2, 0) is 9.59 Å². The second kappa shape index (κ2) is 12.2. The molecular weight excluding hydrogens is 452 g/mol. The fraction of sp³-hybridized carbons (Fsp3) is 0.467. The first kappa shape index (κ1) is 27.5.